The van der Waals surface area contributed by atoms with Crippen LogP contribution in [0.4, 0.5) is 15.9 Å². The Morgan fingerprint density at radius 1 is 1.27 bits per heavy atom. The van der Waals surface area contributed by atoms with Gasteiger partial charge in [0.1, 0.15) is 5.82 Å². The number of hydrogen-bond donors (Lipinski definition) is 2. The molecule has 0 aliphatic carbocycles. The number of β-amino-alcohol motifs (C(OH)–C–C–N with tert-alkyl or cyclic N) is 1. The van der Waals surface area contributed by atoms with Crippen LogP contribution < -0.4 is 10.2 Å². The molecule has 30 heavy (non-hydrogen) atoms. The van der Waals surface area contributed by atoms with E-state index in [1.165, 1.54) is 6.07 Å². The number of hydrogen-bond acceptors (Lipinski definition) is 6. The van der Waals surface area contributed by atoms with E-state index in [-0.39, 0.29) is 11.9 Å². The summed E-state index contributed by atoms with van der Waals surface area (Å²) >= 11 is 0. The fourth-order valence-electron chi connectivity index (χ4n) is 4.15. The molecule has 1 atom stereocenters. The number of nitriles is 1. The SMILES string of the molecule is Cc1c(C#N)cccc1C(C)Nc1nnc(C)c2c(F)cc(N3CC(C)(O)C3)cc12. The molecule has 6 nitrogen and oxygen atoms in total. The number of aromatic nitrogens is 2. The lowest BCUT2D eigenvalue weighted by Crippen LogP contribution is -2.60. The standard InChI is InChI=1S/C23H24FN5O/c1-13-16(10-25)6-5-7-18(13)14(2)26-22-19-8-17(29-11-23(4,30)12-29)9-20(24)21(19)15(3)27-28-22/h5-9,14,30H,11-12H2,1-4H3,(H,26,28). The fourth-order valence-corrected chi connectivity index (χ4v) is 4.15. The Labute approximate surface area is 175 Å². The second-order valence-electron chi connectivity index (χ2n) is 8.33. The summed E-state index contributed by atoms with van der Waals surface area (Å²) in [6.07, 6.45) is 0. The van der Waals surface area contributed by atoms with Crippen LogP contribution in [0.2, 0.25) is 0 Å². The molecule has 7 heteroatoms. The first-order valence-corrected chi connectivity index (χ1v) is 9.90. The van der Waals surface area contributed by atoms with Crippen LogP contribution in [0.25, 0.3) is 10.8 Å². The van der Waals surface area contributed by atoms with E-state index in [4.69, 9.17) is 0 Å². The summed E-state index contributed by atoms with van der Waals surface area (Å²) in [7, 11) is 0. The van der Waals surface area contributed by atoms with Gasteiger partial charge in [-0.3, -0.25) is 0 Å². The van der Waals surface area contributed by atoms with Gasteiger partial charge in [0.2, 0.25) is 0 Å². The molecule has 3 aromatic rings. The van der Waals surface area contributed by atoms with Gasteiger partial charge in [-0.05, 0) is 57.0 Å². The van der Waals surface area contributed by atoms with Crippen LogP contribution in [0.5, 0.6) is 0 Å². The second-order valence-corrected chi connectivity index (χ2v) is 8.33. The lowest BCUT2D eigenvalue weighted by Gasteiger charge is -2.45. The van der Waals surface area contributed by atoms with E-state index in [2.05, 4.69) is 21.6 Å². The molecule has 1 aliphatic heterocycles. The van der Waals surface area contributed by atoms with E-state index in [9.17, 15) is 10.4 Å². The highest BCUT2D eigenvalue weighted by molar-refractivity contribution is 5.96. The van der Waals surface area contributed by atoms with Gasteiger partial charge in [0.05, 0.1) is 29.0 Å². The third-order valence-electron chi connectivity index (χ3n) is 5.74. The van der Waals surface area contributed by atoms with Gasteiger partial charge in [0, 0.05) is 29.5 Å². The molecule has 2 heterocycles. The highest BCUT2D eigenvalue weighted by atomic mass is 19.1. The molecule has 0 amide bonds. The van der Waals surface area contributed by atoms with Gasteiger partial charge in [-0.1, -0.05) is 12.1 Å². The van der Waals surface area contributed by atoms with Crippen LogP contribution in [0.1, 0.15) is 42.3 Å². The molecule has 0 spiro atoms. The molecule has 2 aromatic carbocycles. The molecular weight excluding hydrogens is 381 g/mol. The molecule has 2 N–H and O–H groups in total. The average molecular weight is 405 g/mol. The Morgan fingerprint density at radius 2 is 2.00 bits per heavy atom. The summed E-state index contributed by atoms with van der Waals surface area (Å²) in [5.41, 5.74) is 2.97. The van der Waals surface area contributed by atoms with Crippen LogP contribution in [0.3, 0.4) is 0 Å². The van der Waals surface area contributed by atoms with Gasteiger partial charge in [-0.25, -0.2) is 4.39 Å². The summed E-state index contributed by atoms with van der Waals surface area (Å²) < 4.78 is 15.0. The molecule has 0 bridgehead atoms. The van der Waals surface area contributed by atoms with Crippen LogP contribution in [-0.4, -0.2) is 34.0 Å². The average Bonchev–Trinajstić information content (AvgIpc) is 2.67. The van der Waals surface area contributed by atoms with Gasteiger partial charge in [0.25, 0.3) is 0 Å². The smallest absolute Gasteiger partial charge is 0.157 e. The zero-order valence-electron chi connectivity index (χ0n) is 17.5. The number of nitrogens with zero attached hydrogens (tertiary/aromatic N) is 4. The summed E-state index contributed by atoms with van der Waals surface area (Å²) in [6.45, 7) is 8.30. The predicted octanol–water partition coefficient (Wildman–Crippen LogP) is 4.00. The van der Waals surface area contributed by atoms with Gasteiger partial charge in [-0.2, -0.15) is 10.4 Å². The van der Waals surface area contributed by atoms with E-state index >= 15 is 4.39 Å². The minimum Gasteiger partial charge on any atom is -0.386 e. The van der Waals surface area contributed by atoms with Crippen LogP contribution >= 0.6 is 0 Å². The van der Waals surface area contributed by atoms with E-state index in [1.54, 1.807) is 19.9 Å². The van der Waals surface area contributed by atoms with Crippen molar-refractivity contribution in [1.29, 1.82) is 5.26 Å². The summed E-state index contributed by atoms with van der Waals surface area (Å²) in [5.74, 6) is 0.123. The number of fused-ring (bicyclic) bond motifs is 1. The van der Waals surface area contributed by atoms with Gasteiger partial charge < -0.3 is 15.3 Å². The number of nitrogens with one attached hydrogen (secondary N) is 1. The minimum absolute atomic E-state index is 0.157. The monoisotopic (exact) mass is 405 g/mol. The Hall–Kier alpha value is -3.24. The van der Waals surface area contributed by atoms with Crippen molar-refractivity contribution < 1.29 is 9.50 Å². The van der Waals surface area contributed by atoms with Crippen molar-refractivity contribution in [3.8, 4) is 6.07 Å². The first-order valence-electron chi connectivity index (χ1n) is 9.90. The Kier molecular flexibility index (Phi) is 4.83. The van der Waals surface area contributed by atoms with E-state index < -0.39 is 5.60 Å². The van der Waals surface area contributed by atoms with E-state index in [1.807, 2.05) is 36.9 Å². The molecule has 4 rings (SSSR count). The highest BCUT2D eigenvalue weighted by Crippen LogP contribution is 2.35. The highest BCUT2D eigenvalue weighted by Gasteiger charge is 2.37. The summed E-state index contributed by atoms with van der Waals surface area (Å²) in [5, 5.41) is 32.2. The normalized spacial score (nSPS) is 16.1. The molecule has 0 saturated carbocycles. The minimum atomic E-state index is -0.753. The topological polar surface area (TPSA) is 85.1 Å². The number of rotatable bonds is 4. The molecule has 154 valence electrons. The van der Waals surface area contributed by atoms with Crippen molar-refractivity contribution in [2.45, 2.75) is 39.3 Å². The van der Waals surface area contributed by atoms with Crippen molar-refractivity contribution >= 4 is 22.3 Å². The van der Waals surface area contributed by atoms with E-state index in [0.29, 0.717) is 46.6 Å². The van der Waals surface area contributed by atoms with Gasteiger partial charge in [0.15, 0.2) is 5.82 Å². The second kappa shape index (κ2) is 7.22. The Balaban J connectivity index is 1.75. The molecule has 1 unspecified atom stereocenters. The summed E-state index contributed by atoms with van der Waals surface area (Å²) in [4.78, 5) is 1.94. The van der Waals surface area contributed by atoms with Gasteiger partial charge >= 0.3 is 0 Å². The van der Waals surface area contributed by atoms with E-state index in [0.717, 1.165) is 11.1 Å². The lowest BCUT2D eigenvalue weighted by atomic mass is 9.95. The first kappa shape index (κ1) is 20.0. The number of halogens is 1. The van der Waals surface area contributed by atoms with Gasteiger partial charge in [-0.15, -0.1) is 5.10 Å². The van der Waals surface area contributed by atoms with Crippen molar-refractivity contribution in [2.75, 3.05) is 23.3 Å². The molecule has 0 radical (unpaired) electrons. The molecule has 1 aliphatic rings. The van der Waals surface area contributed by atoms with Crippen LogP contribution in [0.15, 0.2) is 30.3 Å². The molecular formula is C23H24FN5O. The maximum atomic E-state index is 15.0. The Bertz CT molecular complexity index is 1180. The maximum absolute atomic E-state index is 15.0. The fraction of sp³-hybridized carbons (Fsp3) is 0.348. The lowest BCUT2D eigenvalue weighted by molar-refractivity contribution is 0.0310. The Morgan fingerprint density at radius 3 is 2.67 bits per heavy atom. The molecule has 1 aromatic heterocycles. The summed E-state index contributed by atoms with van der Waals surface area (Å²) in [6, 6.07) is 11.0. The zero-order chi connectivity index (χ0) is 21.6. The maximum Gasteiger partial charge on any atom is 0.157 e. The third-order valence-corrected chi connectivity index (χ3v) is 5.74. The zero-order valence-corrected chi connectivity index (χ0v) is 17.5. The quantitative estimate of drug-likeness (QED) is 0.682. The predicted molar refractivity (Wildman–Crippen MR) is 115 cm³/mol. The molecule has 1 saturated heterocycles. The number of benzene rings is 2. The number of aryl methyl sites for hydroxylation is 1. The number of anilines is 2. The number of aliphatic hydroxyl groups is 1. The largest absolute Gasteiger partial charge is 0.386 e. The first-order chi connectivity index (χ1) is 14.2. The van der Waals surface area contributed by atoms with Crippen molar-refractivity contribution in [2.24, 2.45) is 0 Å². The van der Waals surface area contributed by atoms with Crippen molar-refractivity contribution in [3.05, 3.63) is 58.5 Å². The molecule has 1 fully saturated rings. The third kappa shape index (κ3) is 3.44. The van der Waals surface area contributed by atoms with Crippen LogP contribution in [0, 0.1) is 31.0 Å². The van der Waals surface area contributed by atoms with Crippen molar-refractivity contribution in [1.82, 2.24) is 10.2 Å². The van der Waals surface area contributed by atoms with Crippen molar-refractivity contribution in [3.63, 3.8) is 0 Å². The van der Waals surface area contributed by atoms with Crippen LogP contribution in [-0.2, 0) is 0 Å².